The molecular weight excluding hydrogens is 366 g/mol. The molecule has 22 heavy (non-hydrogen) atoms. The topological polar surface area (TPSA) is 64.0 Å². The van der Waals surface area contributed by atoms with Gasteiger partial charge in [0.1, 0.15) is 0 Å². The van der Waals surface area contributed by atoms with Crippen LogP contribution in [0.1, 0.15) is 31.7 Å². The van der Waals surface area contributed by atoms with Crippen molar-refractivity contribution in [2.24, 2.45) is 0 Å². The summed E-state index contributed by atoms with van der Waals surface area (Å²) >= 11 is 3.32. The lowest BCUT2D eigenvalue weighted by atomic mass is 10.0. The van der Waals surface area contributed by atoms with E-state index >= 15 is 0 Å². The van der Waals surface area contributed by atoms with Crippen LogP contribution in [0.15, 0.2) is 46.0 Å². The van der Waals surface area contributed by atoms with Crippen molar-refractivity contribution < 1.29 is 8.42 Å². The molecule has 1 aromatic heterocycles. The molecule has 0 saturated heterocycles. The smallest absolute Gasteiger partial charge is 0.240 e. The first-order valence-electron chi connectivity index (χ1n) is 7.16. The van der Waals surface area contributed by atoms with E-state index in [2.05, 4.69) is 39.6 Å². The Labute approximate surface area is 139 Å². The number of nitrogens with one attached hydrogen (secondary N) is 1. The normalized spacial score (nSPS) is 12.0. The lowest BCUT2D eigenvalue weighted by Gasteiger charge is -2.09. The van der Waals surface area contributed by atoms with Gasteiger partial charge in [0.15, 0.2) is 0 Å². The zero-order chi connectivity index (χ0) is 16.2. The highest BCUT2D eigenvalue weighted by Gasteiger charge is 2.13. The van der Waals surface area contributed by atoms with Crippen LogP contribution in [0.25, 0.3) is 0 Å². The fraction of sp³-hybridized carbons (Fsp3) is 0.400. The fourth-order valence-electron chi connectivity index (χ4n) is 2.02. The Morgan fingerprint density at radius 3 is 2.50 bits per heavy atom. The molecule has 0 aliphatic carbocycles. The molecule has 120 valence electrons. The van der Waals surface area contributed by atoms with E-state index in [-0.39, 0.29) is 0 Å². The summed E-state index contributed by atoms with van der Waals surface area (Å²) in [4.78, 5) is 0.304. The van der Waals surface area contributed by atoms with Gasteiger partial charge >= 0.3 is 0 Å². The first-order chi connectivity index (χ1) is 10.4. The van der Waals surface area contributed by atoms with E-state index in [1.165, 1.54) is 0 Å². The van der Waals surface area contributed by atoms with Crippen LogP contribution in [0.2, 0.25) is 0 Å². The average molecular weight is 386 g/mol. The summed E-state index contributed by atoms with van der Waals surface area (Å²) < 4.78 is 29.7. The highest BCUT2D eigenvalue weighted by Crippen LogP contribution is 2.17. The van der Waals surface area contributed by atoms with Crippen molar-refractivity contribution in [1.29, 1.82) is 0 Å². The molecular formula is C15H20BrN3O2S. The molecule has 0 amide bonds. The second kappa shape index (κ2) is 7.39. The van der Waals surface area contributed by atoms with Crippen molar-refractivity contribution in [3.8, 4) is 0 Å². The maximum atomic E-state index is 12.2. The molecule has 0 aliphatic rings. The monoisotopic (exact) mass is 385 g/mol. The summed E-state index contributed by atoms with van der Waals surface area (Å²) in [5.74, 6) is 0.387. The standard InChI is InChI=1S/C15H20BrN3O2S/c1-12(2)13-4-6-15(7-5-13)22(20,21)18-8-3-9-19-11-14(16)10-17-19/h4-7,10-12,18H,3,8-9H2,1-2H3. The fourth-order valence-corrected chi connectivity index (χ4v) is 3.43. The van der Waals surface area contributed by atoms with Crippen LogP contribution in [0.4, 0.5) is 0 Å². The maximum Gasteiger partial charge on any atom is 0.240 e. The molecule has 1 N–H and O–H groups in total. The molecule has 0 spiro atoms. The average Bonchev–Trinajstić information content (AvgIpc) is 2.89. The van der Waals surface area contributed by atoms with Gasteiger partial charge in [-0.25, -0.2) is 13.1 Å². The third-order valence-corrected chi connectivity index (χ3v) is 5.20. The van der Waals surface area contributed by atoms with E-state index in [0.29, 0.717) is 30.3 Å². The summed E-state index contributed by atoms with van der Waals surface area (Å²) in [6.45, 7) is 5.21. The lowest BCUT2D eigenvalue weighted by molar-refractivity contribution is 0.553. The van der Waals surface area contributed by atoms with Crippen LogP contribution >= 0.6 is 15.9 Å². The zero-order valence-electron chi connectivity index (χ0n) is 12.7. The third-order valence-electron chi connectivity index (χ3n) is 3.31. The van der Waals surface area contributed by atoms with Gasteiger partial charge < -0.3 is 0 Å². The molecule has 0 saturated carbocycles. The van der Waals surface area contributed by atoms with Crippen molar-refractivity contribution in [3.63, 3.8) is 0 Å². The number of rotatable bonds is 7. The van der Waals surface area contributed by atoms with Gasteiger partial charge in [-0.2, -0.15) is 5.10 Å². The van der Waals surface area contributed by atoms with Crippen molar-refractivity contribution in [2.45, 2.75) is 37.6 Å². The molecule has 0 unspecified atom stereocenters. The molecule has 0 aliphatic heterocycles. The van der Waals surface area contributed by atoms with Crippen LogP contribution in [0.3, 0.4) is 0 Å². The molecule has 0 atom stereocenters. The summed E-state index contributed by atoms with van der Waals surface area (Å²) in [6, 6.07) is 7.03. The SMILES string of the molecule is CC(C)c1ccc(S(=O)(=O)NCCCn2cc(Br)cn2)cc1. The molecule has 2 aromatic rings. The highest BCUT2D eigenvalue weighted by atomic mass is 79.9. The van der Waals surface area contributed by atoms with Crippen molar-refractivity contribution in [3.05, 3.63) is 46.7 Å². The van der Waals surface area contributed by atoms with Crippen LogP contribution in [0, 0.1) is 0 Å². The highest BCUT2D eigenvalue weighted by molar-refractivity contribution is 9.10. The van der Waals surface area contributed by atoms with Gasteiger partial charge in [0.25, 0.3) is 0 Å². The van der Waals surface area contributed by atoms with E-state index in [9.17, 15) is 8.42 Å². The summed E-state index contributed by atoms with van der Waals surface area (Å²) in [5.41, 5.74) is 1.13. The van der Waals surface area contributed by atoms with Gasteiger partial charge in [-0.1, -0.05) is 26.0 Å². The Morgan fingerprint density at radius 1 is 1.27 bits per heavy atom. The number of aryl methyl sites for hydroxylation is 1. The van der Waals surface area contributed by atoms with Gasteiger partial charge in [0, 0.05) is 19.3 Å². The Morgan fingerprint density at radius 2 is 1.95 bits per heavy atom. The Balaban J connectivity index is 1.87. The number of benzene rings is 1. The van der Waals surface area contributed by atoms with Gasteiger partial charge in [0.05, 0.1) is 15.6 Å². The molecule has 0 fully saturated rings. The number of hydrogen-bond donors (Lipinski definition) is 1. The van der Waals surface area contributed by atoms with Gasteiger partial charge in [-0.05, 0) is 46.0 Å². The van der Waals surface area contributed by atoms with E-state index in [1.807, 2.05) is 18.3 Å². The second-order valence-electron chi connectivity index (χ2n) is 5.40. The lowest BCUT2D eigenvalue weighted by Crippen LogP contribution is -2.25. The first kappa shape index (κ1) is 17.2. The second-order valence-corrected chi connectivity index (χ2v) is 8.08. The molecule has 1 aromatic carbocycles. The number of aromatic nitrogens is 2. The predicted octanol–water partition coefficient (Wildman–Crippen LogP) is 3.14. The largest absolute Gasteiger partial charge is 0.272 e. The number of halogens is 1. The number of sulfonamides is 1. The van der Waals surface area contributed by atoms with Crippen molar-refractivity contribution in [1.82, 2.24) is 14.5 Å². The summed E-state index contributed by atoms with van der Waals surface area (Å²) in [5, 5.41) is 4.13. The molecule has 7 heteroatoms. The van der Waals surface area contributed by atoms with E-state index in [4.69, 9.17) is 0 Å². The quantitative estimate of drug-likeness (QED) is 0.744. The van der Waals surface area contributed by atoms with E-state index in [1.54, 1.807) is 23.0 Å². The zero-order valence-corrected chi connectivity index (χ0v) is 15.1. The first-order valence-corrected chi connectivity index (χ1v) is 9.43. The molecule has 1 heterocycles. The molecule has 0 radical (unpaired) electrons. The number of hydrogen-bond acceptors (Lipinski definition) is 3. The molecule has 5 nitrogen and oxygen atoms in total. The third kappa shape index (κ3) is 4.66. The Bertz CT molecular complexity index is 709. The van der Waals surface area contributed by atoms with Crippen molar-refractivity contribution >= 4 is 26.0 Å². The van der Waals surface area contributed by atoms with Gasteiger partial charge in [-0.3, -0.25) is 4.68 Å². The predicted molar refractivity (Wildman–Crippen MR) is 90.3 cm³/mol. The van der Waals surface area contributed by atoms with Crippen molar-refractivity contribution in [2.75, 3.05) is 6.54 Å². The number of nitrogens with zero attached hydrogens (tertiary/aromatic N) is 2. The molecule has 2 rings (SSSR count). The maximum absolute atomic E-state index is 12.2. The minimum Gasteiger partial charge on any atom is -0.272 e. The minimum absolute atomic E-state index is 0.304. The molecule has 0 bridgehead atoms. The summed E-state index contributed by atoms with van der Waals surface area (Å²) in [6.07, 6.45) is 4.25. The van der Waals surface area contributed by atoms with Gasteiger partial charge in [-0.15, -0.1) is 0 Å². The van der Waals surface area contributed by atoms with Gasteiger partial charge in [0.2, 0.25) is 10.0 Å². The minimum atomic E-state index is -3.44. The van der Waals surface area contributed by atoms with E-state index in [0.717, 1.165) is 10.0 Å². The van der Waals surface area contributed by atoms with Crippen LogP contribution in [0.5, 0.6) is 0 Å². The van der Waals surface area contributed by atoms with Crippen LogP contribution in [-0.4, -0.2) is 24.7 Å². The van der Waals surface area contributed by atoms with Crippen LogP contribution in [-0.2, 0) is 16.6 Å². The Hall–Kier alpha value is -1.18. The van der Waals surface area contributed by atoms with E-state index < -0.39 is 10.0 Å². The summed E-state index contributed by atoms with van der Waals surface area (Å²) in [7, 11) is -3.44. The van der Waals surface area contributed by atoms with Crippen LogP contribution < -0.4 is 4.72 Å². The Kier molecular flexibility index (Phi) is 5.77.